The van der Waals surface area contributed by atoms with Crippen LogP contribution in [0.25, 0.3) is 0 Å². The van der Waals surface area contributed by atoms with E-state index in [4.69, 9.17) is 14.2 Å². The van der Waals surface area contributed by atoms with E-state index >= 15 is 0 Å². The first-order chi connectivity index (χ1) is 19.2. The maximum atomic E-state index is 14.0. The maximum Gasteiger partial charge on any atom is 0.586 e. The van der Waals surface area contributed by atoms with Gasteiger partial charge in [-0.25, -0.2) is 4.98 Å². The average Bonchev–Trinajstić information content (AvgIpc) is 3.21. The number of alkyl halides is 2. The summed E-state index contributed by atoms with van der Waals surface area (Å²) in [6.07, 6.45) is 0.202. The molecule has 0 radical (unpaired) electrons. The Hall–Kier alpha value is -3.28. The van der Waals surface area contributed by atoms with Crippen LogP contribution in [0.4, 0.5) is 8.78 Å². The van der Waals surface area contributed by atoms with E-state index in [0.717, 1.165) is 18.4 Å². The molecule has 0 spiro atoms. The lowest BCUT2D eigenvalue weighted by Crippen LogP contribution is -2.37. The standard InChI is InChI=1S/C29H30F2N2O6S/c1-16(2)10-18(14-34)33-26(19-4-3-5-21-27(19)39-29(30,31)38-21)23-13-32-25(40-23)12-24(35)28(8-9-28)17-6-7-20-22(11-17)37-15-36-20/h3-7,11,13,16,18,26,33-34H,8-10,12,14-15H2,1-2H3. The predicted molar refractivity (Wildman–Crippen MR) is 142 cm³/mol. The maximum absolute atomic E-state index is 14.0. The number of hydrogen-bond acceptors (Lipinski definition) is 9. The minimum absolute atomic E-state index is 0.0574. The molecular formula is C29H30F2N2O6S. The molecule has 0 bridgehead atoms. The van der Waals surface area contributed by atoms with Crippen molar-refractivity contribution in [3.05, 3.63) is 63.6 Å². The second kappa shape index (κ2) is 10.3. The van der Waals surface area contributed by atoms with Crippen LogP contribution in [-0.2, 0) is 16.6 Å². The molecule has 0 amide bonds. The largest absolute Gasteiger partial charge is 0.586 e. The molecule has 2 aliphatic heterocycles. The lowest BCUT2D eigenvalue weighted by molar-refractivity contribution is -0.287. The van der Waals surface area contributed by atoms with Crippen molar-refractivity contribution >= 4 is 17.1 Å². The number of hydrogen-bond donors (Lipinski definition) is 2. The Kier molecular flexibility index (Phi) is 6.92. The molecule has 3 aromatic rings. The number of ether oxygens (including phenoxy) is 4. The van der Waals surface area contributed by atoms with Crippen LogP contribution in [0.1, 0.15) is 60.2 Å². The number of nitrogens with one attached hydrogen (secondary N) is 1. The summed E-state index contributed by atoms with van der Waals surface area (Å²) in [5.74, 6) is 1.57. The number of fused-ring (bicyclic) bond motifs is 2. The molecule has 0 saturated heterocycles. The zero-order chi connectivity index (χ0) is 28.1. The highest BCUT2D eigenvalue weighted by atomic mass is 32.1. The number of para-hydroxylation sites is 1. The fraction of sp³-hybridized carbons (Fsp3) is 0.448. The Morgan fingerprint density at radius 1 is 1.12 bits per heavy atom. The summed E-state index contributed by atoms with van der Waals surface area (Å²) in [5.41, 5.74) is 0.786. The molecule has 40 heavy (non-hydrogen) atoms. The van der Waals surface area contributed by atoms with Crippen molar-refractivity contribution in [3.8, 4) is 23.0 Å². The van der Waals surface area contributed by atoms with Crippen molar-refractivity contribution in [3.63, 3.8) is 0 Å². The van der Waals surface area contributed by atoms with Gasteiger partial charge < -0.3 is 29.4 Å². The monoisotopic (exact) mass is 572 g/mol. The Balaban J connectivity index is 1.27. The minimum Gasteiger partial charge on any atom is -0.454 e. The van der Waals surface area contributed by atoms with Gasteiger partial charge in [-0.2, -0.15) is 0 Å². The van der Waals surface area contributed by atoms with Crippen LogP contribution in [0, 0.1) is 5.92 Å². The normalized spacial score (nSPS) is 19.1. The zero-order valence-electron chi connectivity index (χ0n) is 22.1. The molecule has 8 nitrogen and oxygen atoms in total. The van der Waals surface area contributed by atoms with Gasteiger partial charge in [0.25, 0.3) is 0 Å². The van der Waals surface area contributed by atoms with Crippen molar-refractivity contribution in [1.82, 2.24) is 10.3 Å². The molecule has 212 valence electrons. The Morgan fingerprint density at radius 3 is 2.67 bits per heavy atom. The highest BCUT2D eigenvalue weighted by molar-refractivity contribution is 7.11. The fourth-order valence-corrected chi connectivity index (χ4v) is 6.44. The third-order valence-electron chi connectivity index (χ3n) is 7.53. The number of aromatic nitrogens is 1. The number of halogens is 2. The molecule has 2 atom stereocenters. The van der Waals surface area contributed by atoms with Crippen molar-refractivity contribution in [2.75, 3.05) is 13.4 Å². The first kappa shape index (κ1) is 26.9. The third kappa shape index (κ3) is 5.13. The number of aliphatic hydroxyl groups excluding tert-OH is 1. The van der Waals surface area contributed by atoms with E-state index < -0.39 is 17.8 Å². The number of nitrogens with zero attached hydrogens (tertiary/aromatic N) is 1. The summed E-state index contributed by atoms with van der Waals surface area (Å²) in [6, 6.07) is 9.46. The molecule has 1 aliphatic carbocycles. The van der Waals surface area contributed by atoms with Crippen LogP contribution in [0.5, 0.6) is 23.0 Å². The molecule has 1 saturated carbocycles. The van der Waals surface area contributed by atoms with E-state index in [-0.39, 0.29) is 49.1 Å². The molecule has 1 fully saturated rings. The molecule has 2 aromatic carbocycles. The Morgan fingerprint density at radius 2 is 1.93 bits per heavy atom. The molecule has 11 heteroatoms. The smallest absolute Gasteiger partial charge is 0.454 e. The van der Waals surface area contributed by atoms with Crippen molar-refractivity contribution < 1.29 is 37.6 Å². The highest BCUT2D eigenvalue weighted by Gasteiger charge is 2.51. The van der Waals surface area contributed by atoms with Gasteiger partial charge >= 0.3 is 6.29 Å². The summed E-state index contributed by atoms with van der Waals surface area (Å²) >= 11 is 1.34. The number of benzene rings is 2. The SMILES string of the molecule is CC(C)CC(CO)NC(c1cnc(CC(=O)C2(c3ccc4c(c3)OCO4)CC2)s1)c1cccc2c1OC(F)(F)O2. The number of rotatable bonds is 11. The Bertz CT molecular complexity index is 1420. The van der Waals surface area contributed by atoms with E-state index in [9.17, 15) is 18.7 Å². The third-order valence-corrected chi connectivity index (χ3v) is 8.59. The number of ketones is 1. The second-order valence-corrected chi connectivity index (χ2v) is 12.0. The molecule has 2 N–H and O–H groups in total. The number of aliphatic hydroxyl groups is 1. The van der Waals surface area contributed by atoms with E-state index in [0.29, 0.717) is 33.4 Å². The van der Waals surface area contributed by atoms with Crippen LogP contribution in [0.3, 0.4) is 0 Å². The second-order valence-electron chi connectivity index (χ2n) is 10.9. The van der Waals surface area contributed by atoms with Gasteiger partial charge in [0.15, 0.2) is 23.0 Å². The van der Waals surface area contributed by atoms with E-state index in [1.54, 1.807) is 18.3 Å². The topological polar surface area (TPSA) is 99.1 Å². The van der Waals surface area contributed by atoms with Crippen LogP contribution < -0.4 is 24.3 Å². The predicted octanol–water partition coefficient (Wildman–Crippen LogP) is 5.12. The Labute approximate surface area is 234 Å². The van der Waals surface area contributed by atoms with Gasteiger partial charge in [0.1, 0.15) is 10.8 Å². The van der Waals surface area contributed by atoms with Crippen LogP contribution in [0.15, 0.2) is 42.6 Å². The van der Waals surface area contributed by atoms with Gasteiger partial charge in [-0.15, -0.1) is 20.1 Å². The van der Waals surface area contributed by atoms with E-state index in [2.05, 4.69) is 15.0 Å². The summed E-state index contributed by atoms with van der Waals surface area (Å²) in [7, 11) is 0. The number of carbonyl (C=O) groups is 1. The summed E-state index contributed by atoms with van der Waals surface area (Å²) in [5, 5.41) is 14.1. The lowest BCUT2D eigenvalue weighted by Gasteiger charge is -2.26. The number of carbonyl (C=O) groups excluding carboxylic acids is 1. The number of Topliss-reactive ketones (excluding diaryl/α,β-unsaturated/α-hetero) is 1. The minimum atomic E-state index is -3.77. The summed E-state index contributed by atoms with van der Waals surface area (Å²) in [6.45, 7) is 4.12. The molecule has 3 aliphatic rings. The van der Waals surface area contributed by atoms with Crippen LogP contribution in [-0.4, -0.2) is 41.6 Å². The fourth-order valence-electron chi connectivity index (χ4n) is 5.44. The van der Waals surface area contributed by atoms with E-state index in [1.807, 2.05) is 32.0 Å². The van der Waals surface area contributed by atoms with Gasteiger partial charge in [0, 0.05) is 22.7 Å². The lowest BCUT2D eigenvalue weighted by atomic mass is 9.89. The highest BCUT2D eigenvalue weighted by Crippen LogP contribution is 2.52. The van der Waals surface area contributed by atoms with Gasteiger partial charge in [0.2, 0.25) is 6.79 Å². The van der Waals surface area contributed by atoms with Crippen molar-refractivity contribution in [1.29, 1.82) is 0 Å². The molecule has 2 unspecified atom stereocenters. The van der Waals surface area contributed by atoms with Gasteiger partial charge in [0.05, 0.1) is 24.5 Å². The van der Waals surface area contributed by atoms with Crippen LogP contribution >= 0.6 is 11.3 Å². The first-order valence-corrected chi connectivity index (χ1v) is 14.1. The molecular weight excluding hydrogens is 542 g/mol. The average molecular weight is 573 g/mol. The van der Waals surface area contributed by atoms with Crippen molar-refractivity contribution in [2.24, 2.45) is 5.92 Å². The zero-order valence-corrected chi connectivity index (χ0v) is 22.9. The molecule has 6 rings (SSSR count). The van der Waals surface area contributed by atoms with Crippen LogP contribution in [0.2, 0.25) is 0 Å². The quantitative estimate of drug-likeness (QED) is 0.327. The number of thiazole rings is 1. The van der Waals surface area contributed by atoms with Crippen molar-refractivity contribution in [2.45, 2.75) is 63.3 Å². The summed E-state index contributed by atoms with van der Waals surface area (Å²) in [4.78, 5) is 18.8. The molecule has 3 heterocycles. The van der Waals surface area contributed by atoms with Gasteiger partial charge in [-0.3, -0.25) is 4.79 Å². The molecule has 1 aromatic heterocycles. The van der Waals surface area contributed by atoms with E-state index in [1.165, 1.54) is 17.4 Å². The summed E-state index contributed by atoms with van der Waals surface area (Å²) < 4.78 is 48.5. The first-order valence-electron chi connectivity index (χ1n) is 13.3. The van der Waals surface area contributed by atoms with Gasteiger partial charge in [-0.1, -0.05) is 32.0 Å². The van der Waals surface area contributed by atoms with Gasteiger partial charge in [-0.05, 0) is 48.9 Å².